The number of rotatable bonds is 5. The van der Waals surface area contributed by atoms with Gasteiger partial charge in [-0.05, 0) is 83.0 Å². The molecule has 0 radical (unpaired) electrons. The van der Waals surface area contributed by atoms with Gasteiger partial charge in [-0.15, -0.1) is 0 Å². The summed E-state index contributed by atoms with van der Waals surface area (Å²) in [5.41, 5.74) is 3.88. The highest BCUT2D eigenvalue weighted by atomic mass is 16.5. The summed E-state index contributed by atoms with van der Waals surface area (Å²) in [5, 5.41) is 9.71. The maximum Gasteiger partial charge on any atom is 0.247 e. The van der Waals surface area contributed by atoms with Gasteiger partial charge in [-0.1, -0.05) is 0 Å². The van der Waals surface area contributed by atoms with E-state index in [1.165, 1.54) is 6.33 Å². The van der Waals surface area contributed by atoms with Crippen LogP contribution in [0.3, 0.4) is 0 Å². The van der Waals surface area contributed by atoms with Crippen molar-refractivity contribution in [3.63, 3.8) is 0 Å². The summed E-state index contributed by atoms with van der Waals surface area (Å²) in [6.07, 6.45) is 5.69. The minimum atomic E-state index is -0.315. The molecule has 1 aliphatic heterocycles. The van der Waals surface area contributed by atoms with Gasteiger partial charge in [-0.2, -0.15) is 0 Å². The molecule has 3 N–H and O–H groups in total. The third-order valence-corrected chi connectivity index (χ3v) is 5.22. The van der Waals surface area contributed by atoms with Gasteiger partial charge in [-0.3, -0.25) is 9.78 Å². The van der Waals surface area contributed by atoms with Gasteiger partial charge in [0.15, 0.2) is 0 Å². The molecule has 0 atom stereocenters. The average Bonchev–Trinajstić information content (AvgIpc) is 2.99. The quantitative estimate of drug-likeness (QED) is 0.487. The molecule has 0 saturated carbocycles. The predicted octanol–water partition coefficient (Wildman–Crippen LogP) is 5.14. The zero-order valence-corrected chi connectivity index (χ0v) is 20.2. The molecule has 8 heteroatoms. The van der Waals surface area contributed by atoms with Gasteiger partial charge < -0.3 is 20.7 Å². The normalized spacial score (nSPS) is 13.1. The van der Waals surface area contributed by atoms with E-state index >= 15 is 0 Å². The molecular formula is C26H30N6O2. The second-order valence-electron chi connectivity index (χ2n) is 9.38. The summed E-state index contributed by atoms with van der Waals surface area (Å²) >= 11 is 0. The number of carbonyl (C=O) groups excluding carboxylic acids is 1. The van der Waals surface area contributed by atoms with Crippen LogP contribution in [0.2, 0.25) is 0 Å². The molecule has 0 unspecified atom stereocenters. The molecule has 176 valence electrons. The predicted molar refractivity (Wildman–Crippen MR) is 135 cm³/mol. The molecule has 34 heavy (non-hydrogen) atoms. The van der Waals surface area contributed by atoms with Crippen LogP contribution in [0, 0.1) is 13.8 Å². The van der Waals surface area contributed by atoms with E-state index in [4.69, 9.17) is 4.74 Å². The zero-order chi connectivity index (χ0) is 24.3. The third-order valence-electron chi connectivity index (χ3n) is 5.22. The summed E-state index contributed by atoms with van der Waals surface area (Å²) in [5.74, 6) is 2.67. The number of nitrogens with one attached hydrogen (secondary N) is 3. The van der Waals surface area contributed by atoms with E-state index in [-0.39, 0.29) is 11.4 Å². The Bertz CT molecular complexity index is 1230. The minimum Gasteiger partial charge on any atom is -0.455 e. The van der Waals surface area contributed by atoms with Gasteiger partial charge in [0.2, 0.25) is 5.91 Å². The Hall–Kier alpha value is -3.94. The van der Waals surface area contributed by atoms with Crippen LogP contribution in [0.5, 0.6) is 11.5 Å². The number of pyridine rings is 1. The Morgan fingerprint density at radius 1 is 1.09 bits per heavy atom. The van der Waals surface area contributed by atoms with Gasteiger partial charge >= 0.3 is 0 Å². The number of hydrogen-bond acceptors (Lipinski definition) is 7. The van der Waals surface area contributed by atoms with Crippen molar-refractivity contribution in [2.75, 3.05) is 17.2 Å². The number of benzene rings is 1. The maximum absolute atomic E-state index is 12.8. The van der Waals surface area contributed by atoms with Crippen molar-refractivity contribution in [1.29, 1.82) is 0 Å². The number of carbonyl (C=O) groups is 1. The highest BCUT2D eigenvalue weighted by molar-refractivity contribution is 6.00. The molecule has 0 saturated heterocycles. The number of ether oxygens (including phenoxy) is 1. The standard InChI is InChI=1S/C26H30N6O2/c1-16-12-19(7-9-22(16)34-20-8-6-17(2)28-14-20)31-24-21-13-18(25(33)32-26(3,4)5)10-11-27-23(21)29-15-30-24/h6-9,12-15H,10-11H2,1-5H3,(H,32,33)(H2,27,29,30,31). The smallest absolute Gasteiger partial charge is 0.247 e. The van der Waals surface area contributed by atoms with E-state index in [1.54, 1.807) is 6.20 Å². The van der Waals surface area contributed by atoms with Crippen LogP contribution in [0.4, 0.5) is 17.3 Å². The fourth-order valence-electron chi connectivity index (χ4n) is 3.55. The van der Waals surface area contributed by atoms with Crippen LogP contribution in [0.1, 0.15) is 44.0 Å². The molecule has 0 fully saturated rings. The highest BCUT2D eigenvalue weighted by Gasteiger charge is 2.21. The summed E-state index contributed by atoms with van der Waals surface area (Å²) in [6.45, 7) is 10.4. The number of aromatic nitrogens is 3. The molecule has 8 nitrogen and oxygen atoms in total. The first kappa shape index (κ1) is 23.2. The van der Waals surface area contributed by atoms with E-state index in [0.717, 1.165) is 28.3 Å². The number of fused-ring (bicyclic) bond motifs is 1. The van der Waals surface area contributed by atoms with Gasteiger partial charge in [0, 0.05) is 29.0 Å². The van der Waals surface area contributed by atoms with Crippen molar-refractivity contribution in [2.45, 2.75) is 46.6 Å². The lowest BCUT2D eigenvalue weighted by Crippen LogP contribution is -2.41. The number of amides is 1. The van der Waals surface area contributed by atoms with Crippen LogP contribution < -0.4 is 20.7 Å². The lowest BCUT2D eigenvalue weighted by molar-refractivity contribution is -0.118. The second-order valence-corrected chi connectivity index (χ2v) is 9.38. The Kier molecular flexibility index (Phi) is 6.49. The maximum atomic E-state index is 12.8. The fourth-order valence-corrected chi connectivity index (χ4v) is 3.55. The second kappa shape index (κ2) is 9.51. The molecule has 4 rings (SSSR count). The summed E-state index contributed by atoms with van der Waals surface area (Å²) < 4.78 is 5.98. The van der Waals surface area contributed by atoms with Gasteiger partial charge in [0.1, 0.15) is 29.5 Å². The Balaban J connectivity index is 1.58. The average molecular weight is 459 g/mol. The molecule has 2 aromatic heterocycles. The summed E-state index contributed by atoms with van der Waals surface area (Å²) in [7, 11) is 0. The first-order valence-electron chi connectivity index (χ1n) is 11.3. The monoisotopic (exact) mass is 458 g/mol. The number of nitrogens with zero attached hydrogens (tertiary/aromatic N) is 3. The van der Waals surface area contributed by atoms with Crippen LogP contribution in [0.15, 0.2) is 48.4 Å². The summed E-state index contributed by atoms with van der Waals surface area (Å²) in [4.78, 5) is 25.9. The van der Waals surface area contributed by atoms with Crippen molar-refractivity contribution in [1.82, 2.24) is 20.3 Å². The summed E-state index contributed by atoms with van der Waals surface area (Å²) in [6, 6.07) is 9.65. The van der Waals surface area contributed by atoms with Crippen molar-refractivity contribution >= 4 is 29.3 Å². The Morgan fingerprint density at radius 3 is 2.62 bits per heavy atom. The molecule has 3 heterocycles. The van der Waals surface area contributed by atoms with Crippen molar-refractivity contribution in [3.8, 4) is 11.5 Å². The number of hydrogen-bond donors (Lipinski definition) is 3. The SMILES string of the molecule is Cc1ccc(Oc2ccc(Nc3ncnc4c3C=C(C(=O)NC(C)(C)C)CCN4)cc2C)cn1. The minimum absolute atomic E-state index is 0.0834. The molecule has 1 amide bonds. The molecular weight excluding hydrogens is 428 g/mol. The fraction of sp³-hybridized carbons (Fsp3) is 0.308. The highest BCUT2D eigenvalue weighted by Crippen LogP contribution is 2.32. The van der Waals surface area contributed by atoms with Gasteiger partial charge in [-0.25, -0.2) is 9.97 Å². The van der Waals surface area contributed by atoms with Crippen molar-refractivity contribution in [2.24, 2.45) is 0 Å². The first-order valence-corrected chi connectivity index (χ1v) is 11.3. The van der Waals surface area contributed by atoms with Crippen LogP contribution >= 0.6 is 0 Å². The molecule has 1 aliphatic rings. The number of aryl methyl sites for hydroxylation is 2. The van der Waals surface area contributed by atoms with E-state index in [0.29, 0.717) is 35.9 Å². The molecule has 0 aliphatic carbocycles. The van der Waals surface area contributed by atoms with Crippen LogP contribution in [-0.4, -0.2) is 32.9 Å². The molecule has 1 aromatic carbocycles. The third kappa shape index (κ3) is 5.70. The number of anilines is 3. The van der Waals surface area contributed by atoms with Crippen LogP contribution in [0.25, 0.3) is 6.08 Å². The van der Waals surface area contributed by atoms with E-state index in [2.05, 4.69) is 30.9 Å². The Labute approximate surface area is 199 Å². The topological polar surface area (TPSA) is 101 Å². The van der Waals surface area contributed by atoms with Crippen molar-refractivity contribution < 1.29 is 9.53 Å². The lowest BCUT2D eigenvalue weighted by Gasteiger charge is -2.21. The van der Waals surface area contributed by atoms with E-state index in [9.17, 15) is 4.79 Å². The first-order chi connectivity index (χ1) is 16.2. The van der Waals surface area contributed by atoms with Crippen LogP contribution in [-0.2, 0) is 4.79 Å². The van der Waals surface area contributed by atoms with E-state index in [1.807, 2.05) is 71.0 Å². The van der Waals surface area contributed by atoms with E-state index < -0.39 is 0 Å². The van der Waals surface area contributed by atoms with Gasteiger partial charge in [0.25, 0.3) is 0 Å². The molecule has 0 spiro atoms. The molecule has 3 aromatic rings. The largest absolute Gasteiger partial charge is 0.455 e. The molecule has 0 bridgehead atoms. The van der Waals surface area contributed by atoms with Gasteiger partial charge in [0.05, 0.1) is 11.8 Å². The lowest BCUT2D eigenvalue weighted by atomic mass is 10.1. The zero-order valence-electron chi connectivity index (χ0n) is 20.2. The van der Waals surface area contributed by atoms with Crippen molar-refractivity contribution in [3.05, 3.63) is 65.2 Å². The Morgan fingerprint density at radius 2 is 1.91 bits per heavy atom.